The number of carbonyl (C=O) groups excluding carboxylic acids is 2. The summed E-state index contributed by atoms with van der Waals surface area (Å²) < 4.78 is 19.7. The van der Waals surface area contributed by atoms with Crippen LogP contribution >= 0.6 is 0 Å². The average molecular weight is 461 g/mol. The number of nitrogens with two attached hydrogens (primary N) is 1. The van der Waals surface area contributed by atoms with Crippen LogP contribution in [0.3, 0.4) is 0 Å². The van der Waals surface area contributed by atoms with Gasteiger partial charge in [0.05, 0.1) is 18.4 Å². The second kappa shape index (κ2) is 9.90. The Labute approximate surface area is 193 Å². The van der Waals surface area contributed by atoms with Crippen LogP contribution < -0.4 is 16.6 Å². The first-order chi connectivity index (χ1) is 16.4. The van der Waals surface area contributed by atoms with Crippen molar-refractivity contribution in [3.05, 3.63) is 88.2 Å². The summed E-state index contributed by atoms with van der Waals surface area (Å²) in [4.78, 5) is 46.7. The minimum absolute atomic E-state index is 0.0647. The summed E-state index contributed by atoms with van der Waals surface area (Å²) in [6, 6.07) is 14.2. The number of carbonyl (C=O) groups is 2. The zero-order valence-corrected chi connectivity index (χ0v) is 17.9. The zero-order valence-electron chi connectivity index (χ0n) is 17.9. The van der Waals surface area contributed by atoms with Gasteiger partial charge in [-0.2, -0.15) is 0 Å². The second-order valence-electron chi connectivity index (χ2n) is 7.32. The van der Waals surface area contributed by atoms with Crippen molar-refractivity contribution in [1.82, 2.24) is 14.9 Å². The van der Waals surface area contributed by atoms with Crippen molar-refractivity contribution in [2.24, 2.45) is 4.99 Å². The van der Waals surface area contributed by atoms with Crippen molar-refractivity contribution in [2.75, 3.05) is 18.9 Å². The van der Waals surface area contributed by atoms with E-state index in [0.29, 0.717) is 17.7 Å². The fourth-order valence-electron chi connectivity index (χ4n) is 3.28. The van der Waals surface area contributed by atoms with E-state index in [1.54, 1.807) is 24.3 Å². The Morgan fingerprint density at radius 3 is 2.56 bits per heavy atom. The first kappa shape index (κ1) is 22.6. The number of benzene rings is 2. The lowest BCUT2D eigenvalue weighted by Crippen LogP contribution is -2.37. The minimum Gasteiger partial charge on any atom is -0.473 e. The first-order valence-electron chi connectivity index (χ1n) is 10.3. The van der Waals surface area contributed by atoms with E-state index in [1.807, 2.05) is 6.07 Å². The summed E-state index contributed by atoms with van der Waals surface area (Å²) in [6.45, 7) is 0.133. The summed E-state index contributed by atoms with van der Waals surface area (Å²) in [6.07, 6.45) is 2.67. The molecular weight excluding hydrogens is 441 g/mol. The summed E-state index contributed by atoms with van der Waals surface area (Å²) in [5, 5.41) is 2.55. The number of nitrogen functional groups attached to an aromatic ring is 1. The van der Waals surface area contributed by atoms with Crippen molar-refractivity contribution >= 4 is 29.4 Å². The van der Waals surface area contributed by atoms with Crippen LogP contribution in [-0.4, -0.2) is 40.3 Å². The molecule has 172 valence electrons. The van der Waals surface area contributed by atoms with Crippen LogP contribution in [-0.2, 0) is 20.9 Å². The molecule has 0 bridgehead atoms. The van der Waals surface area contributed by atoms with E-state index in [0.717, 1.165) is 4.57 Å². The van der Waals surface area contributed by atoms with E-state index in [2.05, 4.69) is 15.3 Å². The van der Waals surface area contributed by atoms with Crippen molar-refractivity contribution in [1.29, 1.82) is 0 Å². The maximum Gasteiger partial charge on any atom is 0.277 e. The lowest BCUT2D eigenvalue weighted by Gasteiger charge is -2.14. The molecule has 34 heavy (non-hydrogen) atoms. The smallest absolute Gasteiger partial charge is 0.277 e. The molecule has 2 heterocycles. The lowest BCUT2D eigenvalue weighted by atomic mass is 10.1. The Kier molecular flexibility index (Phi) is 6.58. The topological polar surface area (TPSA) is 129 Å². The molecular formula is C24H20FN5O4. The molecule has 2 aromatic carbocycles. The zero-order chi connectivity index (χ0) is 24.1. The molecule has 1 aliphatic heterocycles. The number of Topliss-reactive ketones (excluding diaryl/α,β-unsaturated/α-hetero) is 1. The Morgan fingerprint density at radius 1 is 1.15 bits per heavy atom. The van der Waals surface area contributed by atoms with E-state index < -0.39 is 29.6 Å². The summed E-state index contributed by atoms with van der Waals surface area (Å²) >= 11 is 0. The number of hydrogen-bond donors (Lipinski definition) is 2. The molecule has 0 spiro atoms. The van der Waals surface area contributed by atoms with Gasteiger partial charge in [-0.1, -0.05) is 30.3 Å². The third kappa shape index (κ3) is 5.07. The number of anilines is 1. The van der Waals surface area contributed by atoms with E-state index in [-0.39, 0.29) is 29.7 Å². The summed E-state index contributed by atoms with van der Waals surface area (Å²) in [5.74, 6) is -1.70. The molecule has 0 aliphatic carbocycles. The summed E-state index contributed by atoms with van der Waals surface area (Å²) in [5.41, 5.74) is 5.92. The van der Waals surface area contributed by atoms with Gasteiger partial charge in [0.15, 0.2) is 0 Å². The maximum atomic E-state index is 13.4. The van der Waals surface area contributed by atoms with Crippen molar-refractivity contribution in [3.63, 3.8) is 0 Å². The van der Waals surface area contributed by atoms with Gasteiger partial charge in [-0.15, -0.1) is 0 Å². The van der Waals surface area contributed by atoms with Gasteiger partial charge in [-0.25, -0.2) is 14.4 Å². The van der Waals surface area contributed by atoms with Crippen molar-refractivity contribution in [3.8, 4) is 11.4 Å². The van der Waals surface area contributed by atoms with Crippen LogP contribution in [0, 0.1) is 5.82 Å². The summed E-state index contributed by atoms with van der Waals surface area (Å²) in [7, 11) is 0. The Hall–Kier alpha value is -4.60. The molecule has 0 radical (unpaired) electrons. The Morgan fingerprint density at radius 2 is 1.88 bits per heavy atom. The van der Waals surface area contributed by atoms with Gasteiger partial charge in [0.25, 0.3) is 17.2 Å². The van der Waals surface area contributed by atoms with Crippen LogP contribution in [0.2, 0.25) is 0 Å². The standard InChI is InChI=1S/C24H20FN5O4/c25-17-8-6-16(7-9-17)22-28-13-18(26)24(33)30(22)14-20(31)29-19(12-15-4-2-1-3-5-15)21(32)23-27-10-11-34-23/h1-9,12-13H,10-11,14,26H2,(H,29,31). The Bertz CT molecular complexity index is 1350. The minimum atomic E-state index is -0.674. The number of ether oxygens (including phenoxy) is 1. The van der Waals surface area contributed by atoms with Crippen molar-refractivity contribution in [2.45, 2.75) is 6.54 Å². The number of ketones is 1. The van der Waals surface area contributed by atoms with Crippen LogP contribution in [0.1, 0.15) is 5.56 Å². The SMILES string of the molecule is Nc1cnc(-c2ccc(F)cc2)n(CC(=O)NC(=Cc2ccccc2)C(=O)C2=NCCO2)c1=O. The quantitative estimate of drug-likeness (QED) is 0.516. The second-order valence-corrected chi connectivity index (χ2v) is 7.32. The number of halogens is 1. The number of amides is 1. The molecule has 3 N–H and O–H groups in total. The number of rotatable bonds is 7. The molecule has 4 rings (SSSR count). The molecule has 9 nitrogen and oxygen atoms in total. The van der Waals surface area contributed by atoms with Crippen LogP contribution in [0.5, 0.6) is 0 Å². The van der Waals surface area contributed by atoms with Gasteiger partial charge in [0.1, 0.15) is 30.5 Å². The highest BCUT2D eigenvalue weighted by Crippen LogP contribution is 2.17. The first-order valence-corrected chi connectivity index (χ1v) is 10.3. The van der Waals surface area contributed by atoms with Gasteiger partial charge >= 0.3 is 0 Å². The third-order valence-corrected chi connectivity index (χ3v) is 4.89. The highest BCUT2D eigenvalue weighted by Gasteiger charge is 2.24. The number of aliphatic imine (C=N–C) groups is 1. The van der Waals surface area contributed by atoms with E-state index in [4.69, 9.17) is 10.5 Å². The third-order valence-electron chi connectivity index (χ3n) is 4.89. The lowest BCUT2D eigenvalue weighted by molar-refractivity contribution is -0.122. The van der Waals surface area contributed by atoms with Crippen LogP contribution in [0.4, 0.5) is 10.1 Å². The normalized spacial score (nSPS) is 13.2. The van der Waals surface area contributed by atoms with Gasteiger partial charge < -0.3 is 15.8 Å². The van der Waals surface area contributed by atoms with Gasteiger partial charge in [0, 0.05) is 5.56 Å². The van der Waals surface area contributed by atoms with Crippen LogP contribution in [0.15, 0.2) is 76.3 Å². The molecule has 1 amide bonds. The average Bonchev–Trinajstić information content (AvgIpc) is 3.38. The largest absolute Gasteiger partial charge is 0.473 e. The number of hydrogen-bond acceptors (Lipinski definition) is 7. The molecule has 0 saturated carbocycles. The van der Waals surface area contributed by atoms with E-state index in [1.165, 1.54) is 36.5 Å². The van der Waals surface area contributed by atoms with E-state index in [9.17, 15) is 18.8 Å². The fraction of sp³-hybridized carbons (Fsp3) is 0.125. The van der Waals surface area contributed by atoms with Gasteiger partial charge in [-0.3, -0.25) is 19.0 Å². The van der Waals surface area contributed by atoms with Crippen molar-refractivity contribution < 1.29 is 18.7 Å². The van der Waals surface area contributed by atoms with Gasteiger partial charge in [0.2, 0.25) is 5.91 Å². The molecule has 0 atom stereocenters. The monoisotopic (exact) mass is 461 g/mol. The fourth-order valence-corrected chi connectivity index (χ4v) is 3.28. The molecule has 3 aromatic rings. The van der Waals surface area contributed by atoms with E-state index >= 15 is 0 Å². The predicted molar refractivity (Wildman–Crippen MR) is 124 cm³/mol. The maximum absolute atomic E-state index is 13.4. The highest BCUT2D eigenvalue weighted by atomic mass is 19.1. The molecule has 0 unspecified atom stereocenters. The number of nitrogens with one attached hydrogen (secondary N) is 1. The van der Waals surface area contributed by atoms with Gasteiger partial charge in [-0.05, 0) is 35.9 Å². The molecule has 1 aliphatic rings. The van der Waals surface area contributed by atoms with Crippen LogP contribution in [0.25, 0.3) is 17.5 Å². The molecule has 0 saturated heterocycles. The predicted octanol–water partition coefficient (Wildman–Crippen LogP) is 1.79. The number of aromatic nitrogens is 2. The molecule has 0 fully saturated rings. The number of nitrogens with zero attached hydrogens (tertiary/aromatic N) is 3. The molecule has 10 heteroatoms. The molecule has 1 aromatic heterocycles. The Balaban J connectivity index is 1.65. The highest BCUT2D eigenvalue weighted by molar-refractivity contribution is 6.44.